The number of nitro groups is 1. The fourth-order valence-corrected chi connectivity index (χ4v) is 2.96. The molecule has 0 aromatic heterocycles. The van der Waals surface area contributed by atoms with E-state index in [2.05, 4.69) is 6.07 Å². The van der Waals surface area contributed by atoms with Gasteiger partial charge in [0.05, 0.1) is 34.3 Å². The molecule has 0 amide bonds. The van der Waals surface area contributed by atoms with E-state index in [-0.39, 0.29) is 27.8 Å². The van der Waals surface area contributed by atoms with E-state index in [0.717, 1.165) is 11.6 Å². The molecular weight excluding hydrogens is 420 g/mol. The van der Waals surface area contributed by atoms with Gasteiger partial charge in [0, 0.05) is 12.1 Å². The van der Waals surface area contributed by atoms with Crippen molar-refractivity contribution in [3.63, 3.8) is 0 Å². The van der Waals surface area contributed by atoms with Gasteiger partial charge in [-0.15, -0.1) is 0 Å². The van der Waals surface area contributed by atoms with Gasteiger partial charge < -0.3 is 9.47 Å². The summed E-state index contributed by atoms with van der Waals surface area (Å²) in [6.45, 7) is 0. The van der Waals surface area contributed by atoms with Gasteiger partial charge >= 0.3 is 5.97 Å². The van der Waals surface area contributed by atoms with Crippen LogP contribution in [0.25, 0.3) is 11.6 Å². The number of allylic oxidation sites excluding steroid dienone is 1. The number of ether oxygens (including phenoxy) is 2. The Morgan fingerprint density at radius 3 is 2.48 bits per heavy atom. The van der Waals surface area contributed by atoms with Crippen molar-refractivity contribution in [3.8, 4) is 17.6 Å². The van der Waals surface area contributed by atoms with Gasteiger partial charge in [0.2, 0.25) is 0 Å². The quantitative estimate of drug-likeness (QED) is 0.126. The lowest BCUT2D eigenvalue weighted by atomic mass is 10.0. The highest BCUT2D eigenvalue weighted by atomic mass is 35.5. The van der Waals surface area contributed by atoms with Gasteiger partial charge in [0.1, 0.15) is 0 Å². The van der Waals surface area contributed by atoms with Crippen molar-refractivity contribution >= 4 is 34.9 Å². The van der Waals surface area contributed by atoms with Crippen LogP contribution in [0.1, 0.15) is 21.5 Å². The molecule has 0 saturated heterocycles. The highest BCUT2D eigenvalue weighted by Crippen LogP contribution is 2.31. The molecule has 0 N–H and O–H groups in total. The molecule has 0 aliphatic carbocycles. The zero-order valence-corrected chi connectivity index (χ0v) is 17.0. The van der Waals surface area contributed by atoms with Crippen LogP contribution in [0.2, 0.25) is 5.02 Å². The number of esters is 1. The second kappa shape index (κ2) is 9.57. The summed E-state index contributed by atoms with van der Waals surface area (Å²) < 4.78 is 10.7. The maximum Gasteiger partial charge on any atom is 0.345 e. The van der Waals surface area contributed by atoms with E-state index in [9.17, 15) is 20.2 Å². The number of nitriles is 1. The van der Waals surface area contributed by atoms with Gasteiger partial charge in [-0.3, -0.25) is 10.1 Å². The van der Waals surface area contributed by atoms with Gasteiger partial charge in [-0.2, -0.15) is 5.26 Å². The summed E-state index contributed by atoms with van der Waals surface area (Å²) in [6.07, 6.45) is 1.68. The standard InChI is InChI=1S/C23H15ClN2O5/c1-30-22-12-15(11-17(14-25)16-5-3-2-4-6-16)7-10-21(22)31-23(27)19-13-18(26(28)29)8-9-20(19)24/h2-13H,1H3/b17-11+. The summed E-state index contributed by atoms with van der Waals surface area (Å²) in [6, 6.07) is 19.6. The predicted molar refractivity (Wildman–Crippen MR) is 116 cm³/mol. The van der Waals surface area contributed by atoms with Crippen molar-refractivity contribution in [1.82, 2.24) is 0 Å². The van der Waals surface area contributed by atoms with Crippen LogP contribution in [0.5, 0.6) is 11.5 Å². The first-order valence-corrected chi connectivity index (χ1v) is 9.32. The minimum atomic E-state index is -0.864. The van der Waals surface area contributed by atoms with Crippen LogP contribution >= 0.6 is 11.6 Å². The molecule has 8 heteroatoms. The van der Waals surface area contributed by atoms with E-state index in [1.165, 1.54) is 25.3 Å². The van der Waals surface area contributed by atoms with Crippen LogP contribution in [0.15, 0.2) is 66.7 Å². The van der Waals surface area contributed by atoms with E-state index < -0.39 is 10.9 Å². The Bertz CT molecular complexity index is 1220. The number of rotatable bonds is 6. The molecule has 0 atom stereocenters. The maximum absolute atomic E-state index is 12.5. The number of halogens is 1. The van der Waals surface area contributed by atoms with Crippen LogP contribution in [0, 0.1) is 21.4 Å². The molecule has 0 aliphatic rings. The predicted octanol–water partition coefficient (Wildman–Crippen LogP) is 5.54. The van der Waals surface area contributed by atoms with Crippen molar-refractivity contribution in [1.29, 1.82) is 5.26 Å². The van der Waals surface area contributed by atoms with Crippen molar-refractivity contribution < 1.29 is 19.2 Å². The largest absolute Gasteiger partial charge is 0.493 e. The summed E-state index contributed by atoms with van der Waals surface area (Å²) in [5, 5.41) is 20.5. The number of carbonyl (C=O) groups is 1. The van der Waals surface area contributed by atoms with Crippen LogP contribution in [0.3, 0.4) is 0 Å². The third-order valence-electron chi connectivity index (χ3n) is 4.29. The number of methoxy groups -OCH3 is 1. The molecule has 7 nitrogen and oxygen atoms in total. The summed E-state index contributed by atoms with van der Waals surface area (Å²) in [5.74, 6) is -0.517. The average Bonchev–Trinajstić information content (AvgIpc) is 2.78. The number of hydrogen-bond donors (Lipinski definition) is 0. The molecule has 0 spiro atoms. The topological polar surface area (TPSA) is 102 Å². The van der Waals surface area contributed by atoms with Gasteiger partial charge in [-0.25, -0.2) is 4.79 Å². The van der Waals surface area contributed by atoms with Crippen LogP contribution in [-0.2, 0) is 0 Å². The molecule has 0 unspecified atom stereocenters. The van der Waals surface area contributed by atoms with Gasteiger partial charge in [0.15, 0.2) is 11.5 Å². The highest BCUT2D eigenvalue weighted by Gasteiger charge is 2.19. The second-order valence-corrected chi connectivity index (χ2v) is 6.66. The number of non-ortho nitro benzene ring substituents is 1. The molecule has 3 rings (SSSR count). The van der Waals surface area contributed by atoms with Crippen molar-refractivity contribution in [2.24, 2.45) is 0 Å². The lowest BCUT2D eigenvalue weighted by Crippen LogP contribution is -2.10. The number of benzene rings is 3. The average molecular weight is 435 g/mol. The third kappa shape index (κ3) is 5.07. The molecule has 0 saturated carbocycles. The Kier molecular flexibility index (Phi) is 6.65. The Hall–Kier alpha value is -4.15. The van der Waals surface area contributed by atoms with Crippen molar-refractivity contribution in [2.45, 2.75) is 0 Å². The SMILES string of the molecule is COc1cc(/C=C(\C#N)c2ccccc2)ccc1OC(=O)c1cc([N+](=O)[O-])ccc1Cl. The Balaban J connectivity index is 1.90. The fraction of sp³-hybridized carbons (Fsp3) is 0.0435. The molecule has 0 heterocycles. The summed E-state index contributed by atoms with van der Waals surface area (Å²) in [5.41, 5.74) is 1.45. The summed E-state index contributed by atoms with van der Waals surface area (Å²) >= 11 is 6.00. The van der Waals surface area contributed by atoms with Crippen LogP contribution in [-0.4, -0.2) is 18.0 Å². The third-order valence-corrected chi connectivity index (χ3v) is 4.62. The first-order chi connectivity index (χ1) is 14.9. The van der Waals surface area contributed by atoms with E-state index in [4.69, 9.17) is 21.1 Å². The normalized spacial score (nSPS) is 10.8. The Morgan fingerprint density at radius 1 is 1.10 bits per heavy atom. The minimum absolute atomic E-state index is 0.0237. The fourth-order valence-electron chi connectivity index (χ4n) is 2.76. The monoisotopic (exact) mass is 434 g/mol. The molecular formula is C23H15ClN2O5. The first kappa shape index (κ1) is 21.6. The maximum atomic E-state index is 12.5. The van der Waals surface area contributed by atoms with Gasteiger partial charge in [-0.05, 0) is 35.4 Å². The number of hydrogen-bond acceptors (Lipinski definition) is 6. The molecule has 31 heavy (non-hydrogen) atoms. The molecule has 3 aromatic rings. The molecule has 0 fully saturated rings. The molecule has 0 bridgehead atoms. The Morgan fingerprint density at radius 2 is 1.84 bits per heavy atom. The second-order valence-electron chi connectivity index (χ2n) is 6.26. The lowest BCUT2D eigenvalue weighted by Gasteiger charge is -2.11. The Labute approximate surface area is 182 Å². The van der Waals surface area contributed by atoms with Crippen LogP contribution < -0.4 is 9.47 Å². The van der Waals surface area contributed by atoms with E-state index in [1.807, 2.05) is 30.3 Å². The molecule has 0 radical (unpaired) electrons. The molecule has 154 valence electrons. The van der Waals surface area contributed by atoms with Gasteiger partial charge in [-0.1, -0.05) is 48.0 Å². The lowest BCUT2D eigenvalue weighted by molar-refractivity contribution is -0.384. The van der Waals surface area contributed by atoms with Crippen molar-refractivity contribution in [2.75, 3.05) is 7.11 Å². The summed E-state index contributed by atoms with van der Waals surface area (Å²) in [7, 11) is 1.41. The number of nitro benzene ring substituents is 1. The van der Waals surface area contributed by atoms with E-state index in [1.54, 1.807) is 18.2 Å². The zero-order chi connectivity index (χ0) is 22.4. The van der Waals surface area contributed by atoms with E-state index >= 15 is 0 Å². The summed E-state index contributed by atoms with van der Waals surface area (Å²) in [4.78, 5) is 22.9. The molecule has 0 aliphatic heterocycles. The smallest absolute Gasteiger partial charge is 0.345 e. The van der Waals surface area contributed by atoms with Crippen molar-refractivity contribution in [3.05, 3.63) is 98.6 Å². The highest BCUT2D eigenvalue weighted by molar-refractivity contribution is 6.33. The minimum Gasteiger partial charge on any atom is -0.493 e. The van der Waals surface area contributed by atoms with Gasteiger partial charge in [0.25, 0.3) is 5.69 Å². The number of carbonyl (C=O) groups excluding carboxylic acids is 1. The van der Waals surface area contributed by atoms with E-state index in [0.29, 0.717) is 11.1 Å². The first-order valence-electron chi connectivity index (χ1n) is 8.94. The van der Waals surface area contributed by atoms with Crippen LogP contribution in [0.4, 0.5) is 5.69 Å². The zero-order valence-electron chi connectivity index (χ0n) is 16.2. The number of nitrogens with zero attached hydrogens (tertiary/aromatic N) is 2. The molecule has 3 aromatic carbocycles.